The molecule has 9 nitrogen and oxygen atoms in total. The number of aryl methyl sites for hydroxylation is 1. The van der Waals surface area contributed by atoms with Crippen LogP contribution in [0.3, 0.4) is 0 Å². The molecule has 0 unspecified atom stereocenters. The Hall–Kier alpha value is -3.82. The minimum Gasteiger partial charge on any atom is -0.493 e. The van der Waals surface area contributed by atoms with Crippen molar-refractivity contribution in [3.8, 4) is 17.2 Å². The topological polar surface area (TPSA) is 76.9 Å². The molecule has 45 heavy (non-hydrogen) atoms. The minimum atomic E-state index is 0.560. The Balaban J connectivity index is 1.59. The van der Waals surface area contributed by atoms with Crippen LogP contribution in [-0.2, 0) is 19.5 Å². The monoisotopic (exact) mass is 616 g/mol. The molecule has 0 aliphatic heterocycles. The zero-order valence-corrected chi connectivity index (χ0v) is 28.5. The standard InChI is InChI=1S/C36H52N6O3/c1-26(2)23-41(24-27(3)4)25-28-13-14-32-31(20-28)39-36(38-30-21-33(43-6)35(45-8)34(22-30)44-7)42(32)18-11-17-40(5)19-15-29-12-9-10-16-37-29/h9-10,12-14,16,20-22,26-27H,11,15,17-19,23-25H2,1-8H3,(H,38,39). The van der Waals surface area contributed by atoms with E-state index in [1.165, 1.54) is 5.56 Å². The Morgan fingerprint density at radius 3 is 2.18 bits per heavy atom. The molecule has 244 valence electrons. The first-order chi connectivity index (χ1) is 21.7. The van der Waals surface area contributed by atoms with Crippen LogP contribution in [0.1, 0.15) is 45.4 Å². The molecular formula is C36H52N6O3. The van der Waals surface area contributed by atoms with Gasteiger partial charge in [0.1, 0.15) is 0 Å². The van der Waals surface area contributed by atoms with E-state index in [0.717, 1.165) is 80.5 Å². The molecule has 1 N–H and O–H groups in total. The number of fused-ring (bicyclic) bond motifs is 1. The average Bonchev–Trinajstić information content (AvgIpc) is 3.35. The maximum absolute atomic E-state index is 5.61. The second-order valence-corrected chi connectivity index (χ2v) is 12.7. The molecule has 4 aromatic rings. The van der Waals surface area contributed by atoms with E-state index in [2.05, 4.69) is 83.7 Å². The molecule has 4 rings (SSSR count). The lowest BCUT2D eigenvalue weighted by atomic mass is 10.1. The van der Waals surface area contributed by atoms with Gasteiger partial charge in [-0.2, -0.15) is 0 Å². The van der Waals surface area contributed by atoms with E-state index in [1.807, 2.05) is 30.5 Å². The lowest BCUT2D eigenvalue weighted by Crippen LogP contribution is -2.30. The van der Waals surface area contributed by atoms with Crippen molar-refractivity contribution in [1.29, 1.82) is 0 Å². The van der Waals surface area contributed by atoms with Gasteiger partial charge in [0.05, 0.1) is 32.4 Å². The van der Waals surface area contributed by atoms with E-state index in [9.17, 15) is 0 Å². The van der Waals surface area contributed by atoms with Gasteiger partial charge in [-0.05, 0) is 61.7 Å². The SMILES string of the molecule is COc1cc(Nc2nc3cc(CN(CC(C)C)CC(C)C)ccc3n2CCCN(C)CCc2ccccn2)cc(OC)c1OC. The van der Waals surface area contributed by atoms with Crippen molar-refractivity contribution in [3.05, 3.63) is 66.0 Å². The van der Waals surface area contributed by atoms with Gasteiger partial charge in [-0.1, -0.05) is 39.8 Å². The molecule has 0 bridgehead atoms. The third-order valence-electron chi connectivity index (χ3n) is 7.78. The summed E-state index contributed by atoms with van der Waals surface area (Å²) in [4.78, 5) is 14.5. The van der Waals surface area contributed by atoms with Crippen molar-refractivity contribution in [3.63, 3.8) is 0 Å². The number of benzene rings is 2. The highest BCUT2D eigenvalue weighted by atomic mass is 16.5. The maximum Gasteiger partial charge on any atom is 0.208 e. The van der Waals surface area contributed by atoms with Crippen LogP contribution >= 0.6 is 0 Å². The smallest absolute Gasteiger partial charge is 0.208 e. The minimum absolute atomic E-state index is 0.560. The molecule has 0 amide bonds. The summed E-state index contributed by atoms with van der Waals surface area (Å²) in [6.07, 6.45) is 3.78. The second-order valence-electron chi connectivity index (χ2n) is 12.7. The summed E-state index contributed by atoms with van der Waals surface area (Å²) >= 11 is 0. The molecule has 0 radical (unpaired) electrons. The fourth-order valence-corrected chi connectivity index (χ4v) is 5.83. The van der Waals surface area contributed by atoms with Crippen molar-refractivity contribution in [2.75, 3.05) is 59.9 Å². The van der Waals surface area contributed by atoms with E-state index in [1.54, 1.807) is 21.3 Å². The molecule has 0 atom stereocenters. The van der Waals surface area contributed by atoms with Crippen LogP contribution < -0.4 is 19.5 Å². The first kappa shape index (κ1) is 34.1. The number of pyridine rings is 1. The summed E-state index contributed by atoms with van der Waals surface area (Å²) in [5.41, 5.74) is 5.32. The van der Waals surface area contributed by atoms with Gasteiger partial charge in [0, 0.05) is 68.9 Å². The molecule has 0 saturated heterocycles. The fraction of sp³-hybridized carbons (Fsp3) is 0.500. The Morgan fingerprint density at radius 1 is 0.867 bits per heavy atom. The van der Waals surface area contributed by atoms with Crippen LogP contribution in [0.2, 0.25) is 0 Å². The molecular weight excluding hydrogens is 564 g/mol. The molecule has 0 saturated carbocycles. The number of ether oxygens (including phenoxy) is 3. The van der Waals surface area contributed by atoms with E-state index >= 15 is 0 Å². The van der Waals surface area contributed by atoms with Gasteiger partial charge in [-0.3, -0.25) is 9.88 Å². The van der Waals surface area contributed by atoms with E-state index < -0.39 is 0 Å². The molecule has 2 aromatic carbocycles. The number of likely N-dealkylation sites (N-methyl/N-ethyl adjacent to an activating group) is 1. The van der Waals surface area contributed by atoms with E-state index in [4.69, 9.17) is 19.2 Å². The summed E-state index contributed by atoms with van der Waals surface area (Å²) in [6, 6.07) is 16.7. The second kappa shape index (κ2) is 16.5. The fourth-order valence-electron chi connectivity index (χ4n) is 5.83. The highest BCUT2D eigenvalue weighted by Gasteiger charge is 2.18. The van der Waals surface area contributed by atoms with Crippen molar-refractivity contribution in [2.24, 2.45) is 11.8 Å². The number of hydrogen-bond acceptors (Lipinski definition) is 8. The highest BCUT2D eigenvalue weighted by Crippen LogP contribution is 2.40. The molecule has 2 aromatic heterocycles. The number of nitrogens with one attached hydrogen (secondary N) is 1. The number of methoxy groups -OCH3 is 3. The Kier molecular flexibility index (Phi) is 12.5. The van der Waals surface area contributed by atoms with Crippen LogP contribution in [-0.4, -0.2) is 78.9 Å². The van der Waals surface area contributed by atoms with Gasteiger partial charge in [0.2, 0.25) is 11.7 Å². The number of nitrogens with zero attached hydrogens (tertiary/aromatic N) is 5. The van der Waals surface area contributed by atoms with Crippen LogP contribution in [0.25, 0.3) is 11.0 Å². The first-order valence-corrected chi connectivity index (χ1v) is 16.1. The molecule has 0 aliphatic carbocycles. The summed E-state index contributed by atoms with van der Waals surface area (Å²) in [5, 5.41) is 3.56. The Bertz CT molecular complexity index is 1450. The summed E-state index contributed by atoms with van der Waals surface area (Å²) in [6.45, 7) is 15.0. The summed E-state index contributed by atoms with van der Waals surface area (Å²) in [5.74, 6) is 3.76. The van der Waals surface area contributed by atoms with Crippen molar-refractivity contribution in [1.82, 2.24) is 24.3 Å². The van der Waals surface area contributed by atoms with Crippen molar-refractivity contribution in [2.45, 2.75) is 53.6 Å². The number of aromatic nitrogens is 3. The van der Waals surface area contributed by atoms with Crippen LogP contribution in [0.15, 0.2) is 54.7 Å². The number of hydrogen-bond donors (Lipinski definition) is 1. The zero-order valence-electron chi connectivity index (χ0n) is 28.5. The van der Waals surface area contributed by atoms with Gasteiger partial charge in [0.15, 0.2) is 11.5 Å². The lowest BCUT2D eigenvalue weighted by Gasteiger charge is -2.26. The third-order valence-corrected chi connectivity index (χ3v) is 7.78. The average molecular weight is 617 g/mol. The number of imidazole rings is 1. The largest absolute Gasteiger partial charge is 0.493 e. The van der Waals surface area contributed by atoms with E-state index in [-0.39, 0.29) is 0 Å². The van der Waals surface area contributed by atoms with Gasteiger partial charge in [0.25, 0.3) is 0 Å². The number of anilines is 2. The van der Waals surface area contributed by atoms with E-state index in [0.29, 0.717) is 29.1 Å². The zero-order chi connectivity index (χ0) is 32.3. The number of rotatable bonds is 18. The Morgan fingerprint density at radius 2 is 1.58 bits per heavy atom. The van der Waals surface area contributed by atoms with Gasteiger partial charge in [-0.25, -0.2) is 4.98 Å². The van der Waals surface area contributed by atoms with Crippen LogP contribution in [0.4, 0.5) is 11.6 Å². The highest BCUT2D eigenvalue weighted by molar-refractivity contribution is 5.81. The van der Waals surface area contributed by atoms with Crippen LogP contribution in [0, 0.1) is 11.8 Å². The first-order valence-electron chi connectivity index (χ1n) is 16.1. The molecule has 2 heterocycles. The molecule has 0 aliphatic rings. The molecule has 9 heteroatoms. The predicted octanol–water partition coefficient (Wildman–Crippen LogP) is 6.88. The Labute approximate surface area is 269 Å². The van der Waals surface area contributed by atoms with Crippen LogP contribution in [0.5, 0.6) is 17.2 Å². The summed E-state index contributed by atoms with van der Waals surface area (Å²) < 4.78 is 19.1. The summed E-state index contributed by atoms with van der Waals surface area (Å²) in [7, 11) is 7.05. The third kappa shape index (κ3) is 9.58. The quantitative estimate of drug-likeness (QED) is 0.130. The maximum atomic E-state index is 5.61. The van der Waals surface area contributed by atoms with Gasteiger partial charge in [-0.15, -0.1) is 0 Å². The molecule has 0 spiro atoms. The molecule has 0 fully saturated rings. The van der Waals surface area contributed by atoms with Crippen molar-refractivity contribution >= 4 is 22.7 Å². The van der Waals surface area contributed by atoms with Gasteiger partial charge >= 0.3 is 0 Å². The van der Waals surface area contributed by atoms with Gasteiger partial charge < -0.3 is 29.0 Å². The predicted molar refractivity (Wildman–Crippen MR) is 184 cm³/mol. The normalized spacial score (nSPS) is 11.7. The van der Waals surface area contributed by atoms with Crippen molar-refractivity contribution < 1.29 is 14.2 Å². The lowest BCUT2D eigenvalue weighted by molar-refractivity contribution is 0.211.